The number of amides is 2. The van der Waals surface area contributed by atoms with E-state index in [9.17, 15) is 9.59 Å². The fourth-order valence-corrected chi connectivity index (χ4v) is 1.00. The Morgan fingerprint density at radius 1 is 1.07 bits per heavy atom. The van der Waals surface area contributed by atoms with Crippen molar-refractivity contribution in [3.63, 3.8) is 0 Å². The van der Waals surface area contributed by atoms with Crippen molar-refractivity contribution >= 4 is 11.8 Å². The summed E-state index contributed by atoms with van der Waals surface area (Å²) in [5.41, 5.74) is 0. The van der Waals surface area contributed by atoms with Crippen LogP contribution in [0.3, 0.4) is 0 Å². The zero-order valence-corrected chi connectivity index (χ0v) is 9.72. The molecule has 0 aromatic carbocycles. The molecule has 0 spiro atoms. The minimum atomic E-state index is -0.0780. The van der Waals surface area contributed by atoms with Gasteiger partial charge in [-0.3, -0.25) is 9.59 Å². The summed E-state index contributed by atoms with van der Waals surface area (Å²) in [6, 6.07) is 0.400. The molecule has 0 unspecified atom stereocenters. The largest absolute Gasteiger partial charge is 0.355 e. The van der Waals surface area contributed by atoms with Crippen LogP contribution in [0.1, 0.15) is 27.2 Å². The maximum atomic E-state index is 11.2. The van der Waals surface area contributed by atoms with Crippen molar-refractivity contribution in [2.75, 3.05) is 19.6 Å². The van der Waals surface area contributed by atoms with Crippen LogP contribution in [0.2, 0.25) is 0 Å². The van der Waals surface area contributed by atoms with Crippen LogP contribution in [0.25, 0.3) is 0 Å². The molecule has 0 aliphatic rings. The first-order valence-electron chi connectivity index (χ1n) is 5.27. The van der Waals surface area contributed by atoms with Crippen molar-refractivity contribution in [1.82, 2.24) is 16.0 Å². The van der Waals surface area contributed by atoms with E-state index in [1.165, 1.54) is 6.92 Å². The van der Waals surface area contributed by atoms with Crippen LogP contribution in [0.15, 0.2) is 0 Å². The van der Waals surface area contributed by atoms with Crippen molar-refractivity contribution < 1.29 is 9.59 Å². The minimum Gasteiger partial charge on any atom is -0.355 e. The molecule has 0 radical (unpaired) electrons. The summed E-state index contributed by atoms with van der Waals surface area (Å²) in [7, 11) is 0. The van der Waals surface area contributed by atoms with Crippen molar-refractivity contribution in [2.24, 2.45) is 0 Å². The van der Waals surface area contributed by atoms with Gasteiger partial charge in [-0.1, -0.05) is 13.8 Å². The molecule has 0 aliphatic carbocycles. The van der Waals surface area contributed by atoms with E-state index in [0.717, 1.165) is 0 Å². The van der Waals surface area contributed by atoms with Crippen LogP contribution < -0.4 is 16.0 Å². The normalized spacial score (nSPS) is 10.1. The van der Waals surface area contributed by atoms with Crippen LogP contribution in [0.4, 0.5) is 0 Å². The van der Waals surface area contributed by atoms with Crippen molar-refractivity contribution in [1.29, 1.82) is 0 Å². The standard InChI is InChI=1S/C10H21N3O2/c1-8(2)11-5-4-10(15)13-7-6-12-9(3)14/h8,11H,4-7H2,1-3H3,(H,12,14)(H,13,15). The highest BCUT2D eigenvalue weighted by Crippen LogP contribution is 1.80. The third kappa shape index (κ3) is 10.8. The Hall–Kier alpha value is -1.10. The van der Waals surface area contributed by atoms with E-state index in [4.69, 9.17) is 0 Å². The summed E-state index contributed by atoms with van der Waals surface area (Å²) in [5, 5.41) is 8.48. The van der Waals surface area contributed by atoms with E-state index in [1.807, 2.05) is 13.8 Å². The number of hydrogen-bond acceptors (Lipinski definition) is 3. The molecule has 0 rings (SSSR count). The van der Waals surface area contributed by atoms with E-state index in [0.29, 0.717) is 32.1 Å². The van der Waals surface area contributed by atoms with Crippen LogP contribution >= 0.6 is 0 Å². The average molecular weight is 215 g/mol. The summed E-state index contributed by atoms with van der Waals surface area (Å²) < 4.78 is 0. The molecule has 0 aromatic heterocycles. The summed E-state index contributed by atoms with van der Waals surface area (Å²) >= 11 is 0. The van der Waals surface area contributed by atoms with Crippen molar-refractivity contribution in [3.05, 3.63) is 0 Å². The Labute approximate surface area is 91.0 Å². The second-order valence-electron chi connectivity index (χ2n) is 3.69. The van der Waals surface area contributed by atoms with E-state index < -0.39 is 0 Å². The third-order valence-electron chi connectivity index (χ3n) is 1.73. The lowest BCUT2D eigenvalue weighted by molar-refractivity contribution is -0.122. The second-order valence-corrected chi connectivity index (χ2v) is 3.69. The molecule has 5 heteroatoms. The van der Waals surface area contributed by atoms with Gasteiger partial charge in [0.15, 0.2) is 0 Å². The molecule has 0 atom stereocenters. The van der Waals surface area contributed by atoms with Crippen LogP contribution in [-0.4, -0.2) is 37.5 Å². The molecule has 3 N–H and O–H groups in total. The van der Waals surface area contributed by atoms with Gasteiger partial charge < -0.3 is 16.0 Å². The van der Waals surface area contributed by atoms with Gasteiger partial charge in [0, 0.05) is 39.0 Å². The summed E-state index contributed by atoms with van der Waals surface area (Å²) in [6.45, 7) is 7.18. The molecular weight excluding hydrogens is 194 g/mol. The van der Waals surface area contributed by atoms with Gasteiger partial charge in [-0.25, -0.2) is 0 Å². The van der Waals surface area contributed by atoms with Crippen LogP contribution in [0.5, 0.6) is 0 Å². The fraction of sp³-hybridized carbons (Fsp3) is 0.800. The first-order valence-corrected chi connectivity index (χ1v) is 5.27. The summed E-state index contributed by atoms with van der Waals surface area (Å²) in [6.07, 6.45) is 0.470. The lowest BCUT2D eigenvalue weighted by atomic mass is 10.3. The first kappa shape index (κ1) is 13.9. The maximum Gasteiger partial charge on any atom is 0.221 e. The average Bonchev–Trinajstić information content (AvgIpc) is 2.11. The van der Waals surface area contributed by atoms with Crippen molar-refractivity contribution in [2.45, 2.75) is 33.2 Å². The number of carbonyl (C=O) groups is 2. The number of nitrogens with one attached hydrogen (secondary N) is 3. The van der Waals surface area contributed by atoms with Gasteiger partial charge in [0.1, 0.15) is 0 Å². The van der Waals surface area contributed by atoms with E-state index in [2.05, 4.69) is 16.0 Å². The Kier molecular flexibility index (Phi) is 7.62. The molecule has 5 nitrogen and oxygen atoms in total. The molecule has 0 fully saturated rings. The van der Waals surface area contributed by atoms with Gasteiger partial charge in [0.05, 0.1) is 0 Å². The number of carbonyl (C=O) groups excluding carboxylic acids is 2. The quantitative estimate of drug-likeness (QED) is 0.507. The molecule has 0 saturated heterocycles. The highest BCUT2D eigenvalue weighted by atomic mass is 16.2. The first-order chi connectivity index (χ1) is 7.02. The topological polar surface area (TPSA) is 70.2 Å². The van der Waals surface area contributed by atoms with E-state index >= 15 is 0 Å². The third-order valence-corrected chi connectivity index (χ3v) is 1.73. The highest BCUT2D eigenvalue weighted by Gasteiger charge is 2.00. The molecule has 0 heterocycles. The van der Waals surface area contributed by atoms with Gasteiger partial charge in [0.25, 0.3) is 0 Å². The molecular formula is C10H21N3O2. The minimum absolute atomic E-state index is 0.00787. The molecule has 0 aromatic rings. The smallest absolute Gasteiger partial charge is 0.221 e. The SMILES string of the molecule is CC(=O)NCCNC(=O)CCNC(C)C. The van der Waals surface area contributed by atoms with Gasteiger partial charge in [-0.15, -0.1) is 0 Å². The predicted molar refractivity (Wildman–Crippen MR) is 59.4 cm³/mol. The van der Waals surface area contributed by atoms with Gasteiger partial charge in [-0.2, -0.15) is 0 Å². The molecule has 0 aliphatic heterocycles. The maximum absolute atomic E-state index is 11.2. The van der Waals surface area contributed by atoms with Crippen LogP contribution in [0, 0.1) is 0 Å². The molecule has 15 heavy (non-hydrogen) atoms. The second kappa shape index (κ2) is 8.23. The van der Waals surface area contributed by atoms with Crippen molar-refractivity contribution in [3.8, 4) is 0 Å². The Morgan fingerprint density at radius 3 is 2.20 bits per heavy atom. The molecule has 0 saturated carbocycles. The Bertz CT molecular complexity index is 205. The Morgan fingerprint density at radius 2 is 1.67 bits per heavy atom. The zero-order chi connectivity index (χ0) is 11.7. The van der Waals surface area contributed by atoms with Crippen LogP contribution in [-0.2, 0) is 9.59 Å². The number of hydrogen-bond donors (Lipinski definition) is 3. The van der Waals surface area contributed by atoms with Gasteiger partial charge in [0.2, 0.25) is 11.8 Å². The van der Waals surface area contributed by atoms with Gasteiger partial charge in [-0.05, 0) is 0 Å². The molecule has 2 amide bonds. The zero-order valence-electron chi connectivity index (χ0n) is 9.72. The van der Waals surface area contributed by atoms with E-state index in [-0.39, 0.29) is 11.8 Å². The predicted octanol–water partition coefficient (Wildman–Crippen LogP) is -0.373. The summed E-state index contributed by atoms with van der Waals surface area (Å²) in [4.78, 5) is 21.7. The monoisotopic (exact) mass is 215 g/mol. The molecule has 88 valence electrons. The fourth-order valence-electron chi connectivity index (χ4n) is 1.00. The highest BCUT2D eigenvalue weighted by molar-refractivity contribution is 5.76. The lowest BCUT2D eigenvalue weighted by Gasteiger charge is -2.08. The van der Waals surface area contributed by atoms with E-state index in [1.54, 1.807) is 0 Å². The lowest BCUT2D eigenvalue weighted by Crippen LogP contribution is -2.35. The molecule has 0 bridgehead atoms. The summed E-state index contributed by atoms with van der Waals surface area (Å²) in [5.74, 6) is -0.0702. The van der Waals surface area contributed by atoms with Gasteiger partial charge >= 0.3 is 0 Å². The Balaban J connectivity index is 3.30. The number of rotatable bonds is 7.